The molecule has 0 unspecified atom stereocenters. The second-order valence-corrected chi connectivity index (χ2v) is 2.80. The Balaban J connectivity index is 2.80. The minimum Gasteiger partial charge on any atom is -0.325 e. The van der Waals surface area contributed by atoms with Gasteiger partial charge in [-0.2, -0.15) is 0 Å². The Morgan fingerprint density at radius 1 is 1.50 bits per heavy atom. The maximum absolute atomic E-state index is 5.84. The molecule has 2 rings (SSSR count). The maximum atomic E-state index is 5.84. The zero-order chi connectivity index (χ0) is 8.55. The Labute approximate surface area is 74.0 Å². The fraction of sp³-hybridized carbons (Fsp3) is 0.143. The minimum absolute atomic E-state index is 0.434. The molecule has 2 aromatic heterocycles. The van der Waals surface area contributed by atoms with Crippen molar-refractivity contribution in [2.24, 2.45) is 5.73 Å². The molecule has 0 bridgehead atoms. The summed E-state index contributed by atoms with van der Waals surface area (Å²) in [7, 11) is 0. The lowest BCUT2D eigenvalue weighted by Crippen LogP contribution is -2.00. The van der Waals surface area contributed by atoms with Crippen molar-refractivity contribution in [2.75, 3.05) is 0 Å². The summed E-state index contributed by atoms with van der Waals surface area (Å²) >= 11 is 5.84. The Bertz CT molecular complexity index is 409. The van der Waals surface area contributed by atoms with Gasteiger partial charge in [0.2, 0.25) is 0 Å². The highest BCUT2D eigenvalue weighted by atomic mass is 35.5. The largest absolute Gasteiger partial charge is 0.325 e. The van der Waals surface area contributed by atoms with E-state index in [1.54, 1.807) is 23.1 Å². The van der Waals surface area contributed by atoms with Crippen molar-refractivity contribution in [1.82, 2.24) is 14.4 Å². The first-order valence-electron chi connectivity index (χ1n) is 3.48. The van der Waals surface area contributed by atoms with Crippen molar-refractivity contribution in [3.05, 3.63) is 29.4 Å². The van der Waals surface area contributed by atoms with Gasteiger partial charge in [-0.3, -0.25) is 4.40 Å². The van der Waals surface area contributed by atoms with Crippen molar-refractivity contribution < 1.29 is 0 Å². The first-order valence-corrected chi connectivity index (χ1v) is 3.86. The van der Waals surface area contributed by atoms with E-state index in [0.29, 0.717) is 17.2 Å². The Kier molecular flexibility index (Phi) is 1.71. The van der Waals surface area contributed by atoms with Crippen molar-refractivity contribution in [1.29, 1.82) is 0 Å². The summed E-state index contributed by atoms with van der Waals surface area (Å²) in [5.41, 5.74) is 7.08. The highest BCUT2D eigenvalue weighted by molar-refractivity contribution is 6.33. The molecular formula is C7H7ClN4. The van der Waals surface area contributed by atoms with Gasteiger partial charge >= 0.3 is 0 Å². The Hall–Kier alpha value is -1.13. The second kappa shape index (κ2) is 2.73. The van der Waals surface area contributed by atoms with Crippen LogP contribution in [-0.2, 0) is 6.54 Å². The lowest BCUT2D eigenvalue weighted by Gasteiger charge is -1.96. The van der Waals surface area contributed by atoms with Gasteiger partial charge in [0.25, 0.3) is 0 Å². The van der Waals surface area contributed by atoms with Crippen LogP contribution in [0.1, 0.15) is 5.69 Å². The molecule has 0 atom stereocenters. The minimum atomic E-state index is 0.434. The molecule has 4 nitrogen and oxygen atoms in total. The van der Waals surface area contributed by atoms with E-state index < -0.39 is 0 Å². The third-order valence-electron chi connectivity index (χ3n) is 1.67. The Morgan fingerprint density at radius 2 is 2.33 bits per heavy atom. The molecule has 2 heterocycles. The molecule has 12 heavy (non-hydrogen) atoms. The fourth-order valence-electron chi connectivity index (χ4n) is 1.08. The molecule has 0 fully saturated rings. The average Bonchev–Trinajstić information content (AvgIpc) is 2.49. The molecule has 5 heteroatoms. The molecule has 0 amide bonds. The number of halogens is 1. The van der Waals surface area contributed by atoms with Crippen LogP contribution in [0.4, 0.5) is 0 Å². The molecule has 0 aromatic carbocycles. The summed E-state index contributed by atoms with van der Waals surface area (Å²) in [5.74, 6) is 0. The summed E-state index contributed by atoms with van der Waals surface area (Å²) in [6, 6.07) is 0. The lowest BCUT2D eigenvalue weighted by molar-refractivity contribution is 0.937. The third-order valence-corrected chi connectivity index (χ3v) is 1.93. The van der Waals surface area contributed by atoms with Crippen LogP contribution in [0.2, 0.25) is 5.02 Å². The third kappa shape index (κ3) is 0.964. The van der Waals surface area contributed by atoms with Crippen molar-refractivity contribution >= 4 is 17.2 Å². The van der Waals surface area contributed by atoms with Gasteiger partial charge in [0.05, 0.1) is 18.1 Å². The van der Waals surface area contributed by atoms with Crippen LogP contribution in [0.5, 0.6) is 0 Å². The average molecular weight is 183 g/mol. The monoisotopic (exact) mass is 182 g/mol. The quantitative estimate of drug-likeness (QED) is 0.711. The molecule has 0 aliphatic carbocycles. The van der Waals surface area contributed by atoms with Crippen LogP contribution >= 0.6 is 11.6 Å². The summed E-state index contributed by atoms with van der Waals surface area (Å²) in [6.45, 7) is 0.434. The number of nitrogens with zero attached hydrogens (tertiary/aromatic N) is 3. The fourth-order valence-corrected chi connectivity index (χ4v) is 1.27. The summed E-state index contributed by atoms with van der Waals surface area (Å²) in [5, 5.41) is 0.539. The van der Waals surface area contributed by atoms with E-state index in [-0.39, 0.29) is 0 Å². The zero-order valence-electron chi connectivity index (χ0n) is 6.24. The van der Waals surface area contributed by atoms with E-state index in [0.717, 1.165) is 5.69 Å². The van der Waals surface area contributed by atoms with E-state index in [1.165, 1.54) is 0 Å². The second-order valence-electron chi connectivity index (χ2n) is 2.39. The van der Waals surface area contributed by atoms with Crippen LogP contribution in [0.15, 0.2) is 18.7 Å². The van der Waals surface area contributed by atoms with E-state index in [4.69, 9.17) is 17.3 Å². The van der Waals surface area contributed by atoms with Gasteiger partial charge in [-0.1, -0.05) is 11.6 Å². The first-order chi connectivity index (χ1) is 5.83. The predicted octanol–water partition coefficient (Wildman–Crippen LogP) is 0.841. The first kappa shape index (κ1) is 7.52. The molecule has 0 aliphatic heterocycles. The molecule has 0 spiro atoms. The molecule has 0 aliphatic rings. The normalized spacial score (nSPS) is 10.8. The van der Waals surface area contributed by atoms with Crippen LogP contribution in [-0.4, -0.2) is 14.4 Å². The summed E-state index contributed by atoms with van der Waals surface area (Å²) in [4.78, 5) is 8.03. The van der Waals surface area contributed by atoms with Crippen LogP contribution < -0.4 is 5.73 Å². The van der Waals surface area contributed by atoms with Gasteiger partial charge < -0.3 is 5.73 Å². The molecule has 0 saturated carbocycles. The van der Waals surface area contributed by atoms with Gasteiger partial charge in [0, 0.05) is 6.54 Å². The molecular weight excluding hydrogens is 176 g/mol. The van der Waals surface area contributed by atoms with Gasteiger partial charge in [-0.25, -0.2) is 9.97 Å². The number of rotatable bonds is 1. The van der Waals surface area contributed by atoms with E-state index >= 15 is 0 Å². The highest BCUT2D eigenvalue weighted by Gasteiger charge is 2.03. The molecule has 0 radical (unpaired) electrons. The number of aromatic nitrogens is 3. The zero-order valence-corrected chi connectivity index (χ0v) is 6.99. The number of fused-ring (bicyclic) bond motifs is 1. The van der Waals surface area contributed by atoms with E-state index in [2.05, 4.69) is 9.97 Å². The van der Waals surface area contributed by atoms with Crippen molar-refractivity contribution in [2.45, 2.75) is 6.54 Å². The summed E-state index contributed by atoms with van der Waals surface area (Å²) in [6.07, 6.45) is 4.91. The van der Waals surface area contributed by atoms with Gasteiger partial charge in [-0.05, 0) is 0 Å². The highest BCUT2D eigenvalue weighted by Crippen LogP contribution is 2.14. The molecule has 0 saturated heterocycles. The Morgan fingerprint density at radius 3 is 3.08 bits per heavy atom. The lowest BCUT2D eigenvalue weighted by atomic mass is 10.5. The SMILES string of the molecule is NCc1cnc2c(Cl)cncn12. The van der Waals surface area contributed by atoms with E-state index in [9.17, 15) is 0 Å². The standard InChI is InChI=1S/C7H7ClN4/c8-6-3-10-4-12-5(1-9)2-11-7(6)12/h2-4H,1,9H2. The van der Waals surface area contributed by atoms with Crippen molar-refractivity contribution in [3.63, 3.8) is 0 Å². The predicted molar refractivity (Wildman–Crippen MR) is 45.9 cm³/mol. The maximum Gasteiger partial charge on any atom is 0.158 e. The number of nitrogens with two attached hydrogens (primary N) is 1. The molecule has 2 N–H and O–H groups in total. The number of hydrogen-bond donors (Lipinski definition) is 1. The van der Waals surface area contributed by atoms with Crippen LogP contribution in [0.3, 0.4) is 0 Å². The smallest absolute Gasteiger partial charge is 0.158 e. The molecule has 62 valence electrons. The van der Waals surface area contributed by atoms with Gasteiger partial charge in [-0.15, -0.1) is 0 Å². The summed E-state index contributed by atoms with van der Waals surface area (Å²) < 4.78 is 1.78. The van der Waals surface area contributed by atoms with Crippen LogP contribution in [0, 0.1) is 0 Å². The van der Waals surface area contributed by atoms with E-state index in [1.807, 2.05) is 0 Å². The van der Waals surface area contributed by atoms with Gasteiger partial charge in [0.15, 0.2) is 5.65 Å². The van der Waals surface area contributed by atoms with Gasteiger partial charge in [0.1, 0.15) is 11.3 Å². The van der Waals surface area contributed by atoms with Crippen LogP contribution in [0.25, 0.3) is 5.65 Å². The number of hydrogen-bond acceptors (Lipinski definition) is 3. The topological polar surface area (TPSA) is 56.2 Å². The molecule has 2 aromatic rings. The number of imidazole rings is 1. The van der Waals surface area contributed by atoms with Crippen molar-refractivity contribution in [3.8, 4) is 0 Å².